The highest BCUT2D eigenvalue weighted by Gasteiger charge is 2.65. The Morgan fingerprint density at radius 1 is 1.41 bits per heavy atom. The third-order valence-electron chi connectivity index (χ3n) is 3.38. The first-order chi connectivity index (χ1) is 7.63. The second kappa shape index (κ2) is 4.02. The first-order valence-corrected chi connectivity index (χ1v) is 5.55. The summed E-state index contributed by atoms with van der Waals surface area (Å²) < 4.78 is 0. The molecule has 2 N–H and O–H groups in total. The first-order valence-electron chi connectivity index (χ1n) is 5.55. The van der Waals surface area contributed by atoms with E-state index in [1.54, 1.807) is 27.7 Å². The van der Waals surface area contributed by atoms with E-state index in [0.29, 0.717) is 0 Å². The Labute approximate surface area is 101 Å². The molecule has 5 heteroatoms. The van der Waals surface area contributed by atoms with Gasteiger partial charge >= 0.3 is 5.97 Å². The van der Waals surface area contributed by atoms with Crippen molar-refractivity contribution in [1.82, 2.24) is 5.32 Å². The maximum Gasteiger partial charge on any atom is 0.307 e. The number of amides is 1. The predicted octanol–water partition coefficient (Wildman–Crippen LogP) is 1.01. The van der Waals surface area contributed by atoms with Crippen LogP contribution in [0, 0.1) is 34.0 Å². The van der Waals surface area contributed by atoms with Crippen LogP contribution in [0.1, 0.15) is 27.7 Å². The minimum absolute atomic E-state index is 0.237. The fraction of sp³-hybridized carbons (Fsp3) is 0.750. The topological polar surface area (TPSA) is 90.2 Å². The van der Waals surface area contributed by atoms with Crippen molar-refractivity contribution in [1.29, 1.82) is 5.26 Å². The maximum atomic E-state index is 11.8. The van der Waals surface area contributed by atoms with E-state index < -0.39 is 28.6 Å². The average Bonchev–Trinajstić information content (AvgIpc) is 2.78. The molecular weight excluding hydrogens is 220 g/mol. The van der Waals surface area contributed by atoms with Gasteiger partial charge in [0.15, 0.2) is 0 Å². The SMILES string of the molecule is CC(C)(C#N)CNC(=O)[C@H]1[C@@H](C(=O)O)C1(C)C. The van der Waals surface area contributed by atoms with Crippen LogP contribution in [0.5, 0.6) is 0 Å². The summed E-state index contributed by atoms with van der Waals surface area (Å²) in [7, 11) is 0. The quantitative estimate of drug-likeness (QED) is 0.764. The van der Waals surface area contributed by atoms with E-state index in [-0.39, 0.29) is 12.5 Å². The number of hydrogen-bond donors (Lipinski definition) is 2. The highest BCUT2D eigenvalue weighted by Crippen LogP contribution is 2.58. The monoisotopic (exact) mass is 238 g/mol. The van der Waals surface area contributed by atoms with Gasteiger partial charge in [0.25, 0.3) is 0 Å². The van der Waals surface area contributed by atoms with E-state index in [9.17, 15) is 9.59 Å². The number of carboxylic acid groups (broad SMARTS) is 1. The summed E-state index contributed by atoms with van der Waals surface area (Å²) in [6.45, 7) is 7.22. The van der Waals surface area contributed by atoms with E-state index >= 15 is 0 Å². The Morgan fingerprint density at radius 2 is 1.94 bits per heavy atom. The minimum Gasteiger partial charge on any atom is -0.481 e. The van der Waals surface area contributed by atoms with Crippen LogP contribution in [0.4, 0.5) is 0 Å². The number of hydrogen-bond acceptors (Lipinski definition) is 3. The third kappa shape index (κ3) is 2.57. The zero-order chi connectivity index (χ0) is 13.4. The molecule has 2 atom stereocenters. The van der Waals surface area contributed by atoms with Gasteiger partial charge in [-0.15, -0.1) is 0 Å². The van der Waals surface area contributed by atoms with Crippen molar-refractivity contribution in [3.05, 3.63) is 0 Å². The standard InChI is InChI=1S/C12H18N2O3/c1-11(2,5-13)6-14-9(15)7-8(10(16)17)12(7,3)4/h7-8H,6H2,1-4H3,(H,14,15)(H,16,17)/t7-,8+/m1/s1. The number of carboxylic acids is 1. The fourth-order valence-electron chi connectivity index (χ4n) is 2.05. The predicted molar refractivity (Wildman–Crippen MR) is 60.8 cm³/mol. The van der Waals surface area contributed by atoms with E-state index in [1.807, 2.05) is 0 Å². The highest BCUT2D eigenvalue weighted by molar-refractivity contribution is 5.91. The van der Waals surface area contributed by atoms with Crippen LogP contribution >= 0.6 is 0 Å². The normalized spacial score (nSPS) is 25.8. The molecule has 0 saturated heterocycles. The van der Waals surface area contributed by atoms with Crippen LogP contribution in [0.2, 0.25) is 0 Å². The molecule has 1 aliphatic carbocycles. The molecule has 0 aliphatic heterocycles. The molecule has 0 aromatic rings. The highest BCUT2D eigenvalue weighted by atomic mass is 16.4. The van der Waals surface area contributed by atoms with Crippen molar-refractivity contribution >= 4 is 11.9 Å². The number of nitrogens with zero attached hydrogens (tertiary/aromatic N) is 1. The third-order valence-corrected chi connectivity index (χ3v) is 3.38. The van der Waals surface area contributed by atoms with E-state index in [4.69, 9.17) is 10.4 Å². The van der Waals surface area contributed by atoms with Gasteiger partial charge < -0.3 is 10.4 Å². The summed E-state index contributed by atoms with van der Waals surface area (Å²) >= 11 is 0. The molecule has 1 saturated carbocycles. The Kier molecular flexibility index (Phi) is 3.19. The first kappa shape index (κ1) is 13.5. The van der Waals surface area contributed by atoms with Crippen molar-refractivity contribution in [2.75, 3.05) is 6.54 Å². The van der Waals surface area contributed by atoms with Crippen LogP contribution in [0.15, 0.2) is 0 Å². The molecule has 0 unspecified atom stereocenters. The lowest BCUT2D eigenvalue weighted by Gasteiger charge is -2.16. The Morgan fingerprint density at radius 3 is 2.29 bits per heavy atom. The molecule has 1 rings (SSSR count). The lowest BCUT2D eigenvalue weighted by atomic mass is 9.96. The van der Waals surface area contributed by atoms with Crippen LogP contribution in [0.25, 0.3) is 0 Å². The Balaban J connectivity index is 2.58. The van der Waals surface area contributed by atoms with Gasteiger partial charge in [-0.2, -0.15) is 5.26 Å². The van der Waals surface area contributed by atoms with Gasteiger partial charge in [-0.05, 0) is 19.3 Å². The van der Waals surface area contributed by atoms with Gasteiger partial charge in [0.2, 0.25) is 5.91 Å². The summed E-state index contributed by atoms with van der Waals surface area (Å²) in [4.78, 5) is 22.7. The molecule has 0 heterocycles. The zero-order valence-electron chi connectivity index (χ0n) is 10.6. The van der Waals surface area contributed by atoms with E-state index in [1.165, 1.54) is 0 Å². The Hall–Kier alpha value is -1.57. The van der Waals surface area contributed by atoms with Crippen molar-refractivity contribution in [2.45, 2.75) is 27.7 Å². The van der Waals surface area contributed by atoms with Crippen molar-refractivity contribution in [3.8, 4) is 6.07 Å². The van der Waals surface area contributed by atoms with Crippen molar-refractivity contribution in [2.24, 2.45) is 22.7 Å². The maximum absolute atomic E-state index is 11.8. The second-order valence-corrected chi connectivity index (χ2v) is 5.83. The van der Waals surface area contributed by atoms with Crippen LogP contribution in [0.3, 0.4) is 0 Å². The smallest absolute Gasteiger partial charge is 0.307 e. The minimum atomic E-state index is -0.935. The van der Waals surface area contributed by atoms with Gasteiger partial charge in [0, 0.05) is 6.54 Å². The van der Waals surface area contributed by atoms with Gasteiger partial charge in [-0.1, -0.05) is 13.8 Å². The molecule has 1 amide bonds. The van der Waals surface area contributed by atoms with Crippen molar-refractivity contribution < 1.29 is 14.7 Å². The number of carbonyl (C=O) groups excluding carboxylic acids is 1. The summed E-state index contributed by atoms with van der Waals surface area (Å²) in [6, 6.07) is 2.08. The summed E-state index contributed by atoms with van der Waals surface area (Å²) in [6.07, 6.45) is 0. The fourth-order valence-corrected chi connectivity index (χ4v) is 2.05. The zero-order valence-corrected chi connectivity index (χ0v) is 10.6. The molecule has 0 aromatic carbocycles. The lowest BCUT2D eigenvalue weighted by Crippen LogP contribution is -2.35. The summed E-state index contributed by atoms with van der Waals surface area (Å²) in [5.41, 5.74) is -1.12. The number of nitriles is 1. The van der Waals surface area contributed by atoms with Gasteiger partial charge in [0.1, 0.15) is 0 Å². The molecule has 0 aromatic heterocycles. The Bertz CT molecular complexity index is 393. The van der Waals surface area contributed by atoms with Gasteiger partial charge in [0.05, 0.1) is 23.3 Å². The molecule has 0 radical (unpaired) electrons. The molecule has 94 valence electrons. The van der Waals surface area contributed by atoms with Crippen LogP contribution in [-0.2, 0) is 9.59 Å². The van der Waals surface area contributed by atoms with Crippen molar-refractivity contribution in [3.63, 3.8) is 0 Å². The average molecular weight is 238 g/mol. The number of aliphatic carboxylic acids is 1. The second-order valence-electron chi connectivity index (χ2n) is 5.83. The number of carbonyl (C=O) groups is 2. The molecule has 0 bridgehead atoms. The van der Waals surface area contributed by atoms with Crippen LogP contribution < -0.4 is 5.32 Å². The molecule has 5 nitrogen and oxygen atoms in total. The molecular formula is C12H18N2O3. The van der Waals surface area contributed by atoms with Crippen LogP contribution in [-0.4, -0.2) is 23.5 Å². The van der Waals surface area contributed by atoms with E-state index in [2.05, 4.69) is 11.4 Å². The van der Waals surface area contributed by atoms with Gasteiger partial charge in [-0.3, -0.25) is 9.59 Å². The number of nitrogens with one attached hydrogen (secondary N) is 1. The largest absolute Gasteiger partial charge is 0.481 e. The van der Waals surface area contributed by atoms with E-state index in [0.717, 1.165) is 0 Å². The lowest BCUT2D eigenvalue weighted by molar-refractivity contribution is -0.140. The summed E-state index contributed by atoms with van der Waals surface area (Å²) in [5.74, 6) is -2.32. The molecule has 0 spiro atoms. The summed E-state index contributed by atoms with van der Waals surface area (Å²) in [5, 5.41) is 20.4. The number of rotatable bonds is 4. The van der Waals surface area contributed by atoms with Gasteiger partial charge in [-0.25, -0.2) is 0 Å². The molecule has 1 fully saturated rings. The molecule has 17 heavy (non-hydrogen) atoms. The molecule has 1 aliphatic rings.